The van der Waals surface area contributed by atoms with Crippen LogP contribution in [0.5, 0.6) is 23.3 Å². The van der Waals surface area contributed by atoms with Gasteiger partial charge in [0.15, 0.2) is 0 Å². The summed E-state index contributed by atoms with van der Waals surface area (Å²) < 4.78 is 13.3. The maximum absolute atomic E-state index is 13.6. The van der Waals surface area contributed by atoms with Crippen LogP contribution >= 0.6 is 0 Å². The first kappa shape index (κ1) is 24.1. The molecule has 35 heavy (non-hydrogen) atoms. The van der Waals surface area contributed by atoms with Gasteiger partial charge in [-0.15, -0.1) is 0 Å². The van der Waals surface area contributed by atoms with E-state index in [1.807, 2.05) is 13.8 Å². The van der Waals surface area contributed by atoms with Crippen molar-refractivity contribution in [2.75, 3.05) is 7.11 Å². The topological polar surface area (TPSA) is 148 Å². The molecule has 4 rings (SSSR count). The smallest absolute Gasteiger partial charge is 0.331 e. The molecule has 0 unspecified atom stereocenters. The Bertz CT molecular complexity index is 1490. The Morgan fingerprint density at radius 1 is 0.971 bits per heavy atom. The Hall–Kier alpha value is -4.02. The molecule has 1 atom stereocenters. The summed E-state index contributed by atoms with van der Waals surface area (Å²) in [6.45, 7) is 4.22. The van der Waals surface area contributed by atoms with Crippen molar-refractivity contribution < 1.29 is 14.6 Å². The minimum absolute atomic E-state index is 0.0112. The molecule has 3 aromatic rings. The normalized spacial score (nSPS) is 14.2. The zero-order valence-electron chi connectivity index (χ0n) is 19.8. The maximum atomic E-state index is 13.6. The lowest BCUT2D eigenvalue weighted by atomic mass is 9.84. The summed E-state index contributed by atoms with van der Waals surface area (Å²) in [5, 5.41) is 11.2. The lowest BCUT2D eigenvalue weighted by Crippen LogP contribution is -2.41. The quantitative estimate of drug-likeness (QED) is 0.346. The molecule has 186 valence electrons. The van der Waals surface area contributed by atoms with Crippen molar-refractivity contribution in [3.05, 3.63) is 76.6 Å². The van der Waals surface area contributed by atoms with Crippen molar-refractivity contribution >= 4 is 0 Å². The minimum atomic E-state index is -1.13. The van der Waals surface area contributed by atoms with Crippen LogP contribution in [0.25, 0.3) is 0 Å². The SMILES string of the molecule is CCCCn1c(O)c([C@H]2c3cc(OC)ccc3Oc3[nH]c(=O)n(CCCC)c(=O)c32)c(=O)[nH]c1=O. The van der Waals surface area contributed by atoms with Crippen molar-refractivity contribution in [1.29, 1.82) is 0 Å². The van der Waals surface area contributed by atoms with Gasteiger partial charge in [-0.3, -0.25) is 28.7 Å². The van der Waals surface area contributed by atoms with Gasteiger partial charge in [-0.1, -0.05) is 26.7 Å². The first-order valence-corrected chi connectivity index (χ1v) is 11.6. The van der Waals surface area contributed by atoms with Gasteiger partial charge < -0.3 is 14.6 Å². The Morgan fingerprint density at radius 2 is 1.63 bits per heavy atom. The summed E-state index contributed by atoms with van der Waals surface area (Å²) in [6.07, 6.45) is 2.69. The molecule has 3 N–H and O–H groups in total. The van der Waals surface area contributed by atoms with E-state index in [1.165, 1.54) is 7.11 Å². The molecule has 0 bridgehead atoms. The van der Waals surface area contributed by atoms with E-state index in [4.69, 9.17) is 9.47 Å². The molecular formula is C24H28N4O7. The van der Waals surface area contributed by atoms with Crippen molar-refractivity contribution in [3.63, 3.8) is 0 Å². The number of unbranched alkanes of at least 4 members (excludes halogenated alkanes) is 2. The van der Waals surface area contributed by atoms with Gasteiger partial charge >= 0.3 is 11.4 Å². The van der Waals surface area contributed by atoms with Crippen molar-refractivity contribution in [2.24, 2.45) is 0 Å². The van der Waals surface area contributed by atoms with Crippen LogP contribution in [0.15, 0.2) is 37.4 Å². The van der Waals surface area contributed by atoms with E-state index in [-0.39, 0.29) is 35.8 Å². The monoisotopic (exact) mass is 484 g/mol. The summed E-state index contributed by atoms with van der Waals surface area (Å²) in [5.74, 6) is -1.06. The summed E-state index contributed by atoms with van der Waals surface area (Å²) in [7, 11) is 1.47. The second kappa shape index (κ2) is 9.69. The van der Waals surface area contributed by atoms with Gasteiger partial charge in [-0.05, 0) is 31.0 Å². The predicted octanol–water partition coefficient (Wildman–Crippen LogP) is 1.99. The summed E-state index contributed by atoms with van der Waals surface area (Å²) in [6, 6.07) is 4.82. The van der Waals surface area contributed by atoms with E-state index in [0.29, 0.717) is 24.2 Å². The molecule has 2 aromatic heterocycles. The molecule has 1 aliphatic heterocycles. The molecule has 0 radical (unpaired) electrons. The molecule has 1 aromatic carbocycles. The highest BCUT2D eigenvalue weighted by atomic mass is 16.5. The standard InChI is InChI=1S/C24H28N4O7/c1-4-6-10-27-21(30)17(19(29)25-23(27)32)16-14-12-13(34-3)8-9-15(14)35-20-18(16)22(31)28(11-7-5-2)24(33)26-20/h8-9,12,16,30H,4-7,10-11H2,1-3H3,(H,26,33)(H,25,29,32)/t16-/m1/s1. The van der Waals surface area contributed by atoms with Gasteiger partial charge in [0.1, 0.15) is 11.5 Å². The number of hydrogen-bond acceptors (Lipinski definition) is 7. The molecular weight excluding hydrogens is 456 g/mol. The number of nitrogens with one attached hydrogen (secondary N) is 2. The third kappa shape index (κ3) is 4.17. The van der Waals surface area contributed by atoms with Gasteiger partial charge in [-0.25, -0.2) is 9.59 Å². The molecule has 3 heterocycles. The molecule has 0 amide bonds. The van der Waals surface area contributed by atoms with Crippen LogP contribution in [0, 0.1) is 0 Å². The molecule has 0 saturated carbocycles. The van der Waals surface area contributed by atoms with Crippen LogP contribution in [0.1, 0.15) is 62.1 Å². The number of ether oxygens (including phenoxy) is 2. The number of fused-ring (bicyclic) bond motifs is 2. The molecule has 0 fully saturated rings. The summed E-state index contributed by atoms with van der Waals surface area (Å²) in [4.78, 5) is 56.7. The Balaban J connectivity index is 2.08. The van der Waals surface area contributed by atoms with Crippen LogP contribution < -0.4 is 32.0 Å². The Labute approximate surface area is 199 Å². The average molecular weight is 485 g/mol. The molecule has 1 aliphatic rings. The Kier molecular flexibility index (Phi) is 6.68. The minimum Gasteiger partial charge on any atom is -0.497 e. The fraction of sp³-hybridized carbons (Fsp3) is 0.417. The van der Waals surface area contributed by atoms with Crippen LogP contribution in [-0.2, 0) is 13.1 Å². The molecule has 0 saturated heterocycles. The van der Waals surface area contributed by atoms with Gasteiger partial charge in [0, 0.05) is 18.7 Å². The number of rotatable bonds is 8. The van der Waals surface area contributed by atoms with Crippen LogP contribution in [0.2, 0.25) is 0 Å². The third-order valence-electron chi connectivity index (χ3n) is 6.18. The lowest BCUT2D eigenvalue weighted by molar-refractivity contribution is 0.378. The van der Waals surface area contributed by atoms with Crippen molar-refractivity contribution in [3.8, 4) is 23.3 Å². The highest BCUT2D eigenvalue weighted by Gasteiger charge is 2.38. The fourth-order valence-electron chi connectivity index (χ4n) is 4.32. The third-order valence-corrected chi connectivity index (χ3v) is 6.18. The first-order valence-electron chi connectivity index (χ1n) is 11.6. The number of nitrogens with zero attached hydrogens (tertiary/aromatic N) is 2. The Morgan fingerprint density at radius 3 is 2.29 bits per heavy atom. The van der Waals surface area contributed by atoms with Gasteiger partial charge in [-0.2, -0.15) is 0 Å². The molecule has 11 heteroatoms. The van der Waals surface area contributed by atoms with E-state index < -0.39 is 34.3 Å². The number of hydrogen-bond donors (Lipinski definition) is 3. The second-order valence-corrected chi connectivity index (χ2v) is 8.42. The number of aromatic amines is 2. The van der Waals surface area contributed by atoms with E-state index in [9.17, 15) is 24.3 Å². The number of H-pyrrole nitrogens is 2. The average Bonchev–Trinajstić information content (AvgIpc) is 2.83. The fourth-order valence-corrected chi connectivity index (χ4v) is 4.32. The largest absolute Gasteiger partial charge is 0.497 e. The van der Waals surface area contributed by atoms with Crippen molar-refractivity contribution in [1.82, 2.24) is 19.1 Å². The summed E-state index contributed by atoms with van der Waals surface area (Å²) >= 11 is 0. The predicted molar refractivity (Wildman–Crippen MR) is 128 cm³/mol. The zero-order chi connectivity index (χ0) is 25.3. The van der Waals surface area contributed by atoms with Gasteiger partial charge in [0.25, 0.3) is 11.1 Å². The zero-order valence-corrected chi connectivity index (χ0v) is 19.8. The van der Waals surface area contributed by atoms with Crippen LogP contribution in [0.3, 0.4) is 0 Å². The van der Waals surface area contributed by atoms with Crippen LogP contribution in [-0.4, -0.2) is 31.3 Å². The highest BCUT2D eigenvalue weighted by Crippen LogP contribution is 2.46. The van der Waals surface area contributed by atoms with E-state index in [0.717, 1.165) is 22.0 Å². The number of aromatic nitrogens is 4. The van der Waals surface area contributed by atoms with E-state index in [1.54, 1.807) is 18.2 Å². The summed E-state index contributed by atoms with van der Waals surface area (Å²) in [5.41, 5.74) is -2.68. The van der Waals surface area contributed by atoms with Crippen LogP contribution in [0.4, 0.5) is 0 Å². The number of aromatic hydroxyl groups is 1. The first-order chi connectivity index (χ1) is 16.8. The highest BCUT2D eigenvalue weighted by molar-refractivity contribution is 5.58. The van der Waals surface area contributed by atoms with Gasteiger partial charge in [0.05, 0.1) is 24.2 Å². The number of methoxy groups -OCH3 is 1. The van der Waals surface area contributed by atoms with Gasteiger partial charge in [0.2, 0.25) is 11.8 Å². The number of benzene rings is 1. The molecule has 11 nitrogen and oxygen atoms in total. The second-order valence-electron chi connectivity index (χ2n) is 8.42. The van der Waals surface area contributed by atoms with E-state index in [2.05, 4.69) is 9.97 Å². The lowest BCUT2D eigenvalue weighted by Gasteiger charge is -2.28. The van der Waals surface area contributed by atoms with E-state index >= 15 is 0 Å². The molecule has 0 aliphatic carbocycles. The molecule has 0 spiro atoms. The van der Waals surface area contributed by atoms with Crippen molar-refractivity contribution in [2.45, 2.75) is 58.5 Å². The maximum Gasteiger partial charge on any atom is 0.331 e.